The monoisotopic (exact) mass is 408 g/mol. The van der Waals surface area contributed by atoms with E-state index in [2.05, 4.69) is 13.2 Å². The molecule has 6 heteroatoms. The number of benzene rings is 2. The first kappa shape index (κ1) is 22.6. The lowest BCUT2D eigenvalue weighted by atomic mass is 10.1. The van der Waals surface area contributed by atoms with Gasteiger partial charge in [0.05, 0.1) is 6.61 Å². The van der Waals surface area contributed by atoms with Crippen LogP contribution in [0.3, 0.4) is 0 Å². The van der Waals surface area contributed by atoms with E-state index in [0.717, 1.165) is 17.2 Å². The minimum atomic E-state index is -1.13. The fraction of sp³-hybridized carbons (Fsp3) is 0.167. The fourth-order valence-corrected chi connectivity index (χ4v) is 2.28. The van der Waals surface area contributed by atoms with E-state index in [-0.39, 0.29) is 6.61 Å². The summed E-state index contributed by atoms with van der Waals surface area (Å²) in [5.74, 6) is -0.0179. The fourth-order valence-electron chi connectivity index (χ4n) is 2.28. The molecule has 0 amide bonds. The van der Waals surface area contributed by atoms with E-state index in [4.69, 9.17) is 14.2 Å². The zero-order valence-electron chi connectivity index (χ0n) is 16.7. The van der Waals surface area contributed by atoms with Crippen LogP contribution in [0.15, 0.2) is 79.4 Å². The minimum Gasteiger partial charge on any atom is -0.462 e. The Labute approximate surface area is 175 Å². The average molecular weight is 408 g/mol. The molecule has 0 aromatic heterocycles. The van der Waals surface area contributed by atoms with Crippen molar-refractivity contribution in [1.82, 2.24) is 0 Å². The molecular weight excluding hydrogens is 384 g/mol. The number of aliphatic hydroxyl groups is 1. The third kappa shape index (κ3) is 7.77. The maximum atomic E-state index is 11.5. The maximum absolute atomic E-state index is 11.5. The van der Waals surface area contributed by atoms with E-state index >= 15 is 0 Å². The highest BCUT2D eigenvalue weighted by atomic mass is 16.6. The first-order valence-corrected chi connectivity index (χ1v) is 9.26. The summed E-state index contributed by atoms with van der Waals surface area (Å²) in [6, 6.07) is 13.9. The molecule has 2 aromatic carbocycles. The quantitative estimate of drug-likeness (QED) is 0.278. The van der Waals surface area contributed by atoms with Gasteiger partial charge in [-0.05, 0) is 48.4 Å². The Kier molecular flexibility index (Phi) is 8.59. The van der Waals surface area contributed by atoms with Crippen molar-refractivity contribution in [2.45, 2.75) is 19.6 Å². The number of esters is 2. The van der Waals surface area contributed by atoms with E-state index in [9.17, 15) is 14.7 Å². The van der Waals surface area contributed by atoms with E-state index in [0.29, 0.717) is 23.5 Å². The molecule has 0 radical (unpaired) electrons. The molecule has 0 heterocycles. The van der Waals surface area contributed by atoms with Gasteiger partial charge in [0.2, 0.25) is 6.29 Å². The predicted molar refractivity (Wildman–Crippen MR) is 114 cm³/mol. The van der Waals surface area contributed by atoms with E-state index in [1.165, 1.54) is 6.08 Å². The van der Waals surface area contributed by atoms with E-state index in [1.54, 1.807) is 49.4 Å². The number of hydrogen-bond donors (Lipinski definition) is 1. The predicted octanol–water partition coefficient (Wildman–Crippen LogP) is 3.85. The number of ether oxygens (including phenoxy) is 3. The molecule has 0 bridgehead atoms. The van der Waals surface area contributed by atoms with Crippen LogP contribution in [0.25, 0.3) is 6.08 Å². The van der Waals surface area contributed by atoms with Crippen molar-refractivity contribution in [1.29, 1.82) is 0 Å². The van der Waals surface area contributed by atoms with Crippen LogP contribution in [-0.2, 0) is 20.7 Å². The molecule has 1 atom stereocenters. The first-order chi connectivity index (χ1) is 14.4. The molecule has 156 valence electrons. The molecule has 6 nitrogen and oxygen atoms in total. The summed E-state index contributed by atoms with van der Waals surface area (Å²) < 4.78 is 15.5. The number of rotatable bonds is 10. The van der Waals surface area contributed by atoms with Gasteiger partial charge in [-0.25, -0.2) is 9.59 Å². The molecule has 0 spiro atoms. The molecule has 0 aliphatic heterocycles. The molecule has 0 fully saturated rings. The zero-order chi connectivity index (χ0) is 21.9. The van der Waals surface area contributed by atoms with Crippen molar-refractivity contribution < 1.29 is 28.9 Å². The number of aliphatic hydroxyl groups excluding tert-OH is 1. The van der Waals surface area contributed by atoms with Crippen molar-refractivity contribution in [3.63, 3.8) is 0 Å². The Morgan fingerprint density at radius 2 is 1.70 bits per heavy atom. The molecule has 2 rings (SSSR count). The number of carbonyl (C=O) groups is 2. The van der Waals surface area contributed by atoms with Crippen molar-refractivity contribution >= 4 is 18.0 Å². The van der Waals surface area contributed by atoms with Gasteiger partial charge in [0, 0.05) is 18.1 Å². The summed E-state index contributed by atoms with van der Waals surface area (Å²) in [5, 5.41) is 10.0. The summed E-state index contributed by atoms with van der Waals surface area (Å²) in [6.45, 7) is 8.71. The summed E-state index contributed by atoms with van der Waals surface area (Å²) in [4.78, 5) is 22.5. The van der Waals surface area contributed by atoms with Crippen LogP contribution >= 0.6 is 0 Å². The highest BCUT2D eigenvalue weighted by Gasteiger charge is 2.05. The van der Waals surface area contributed by atoms with Crippen molar-refractivity contribution in [3.05, 3.63) is 90.5 Å². The van der Waals surface area contributed by atoms with Crippen molar-refractivity contribution in [3.8, 4) is 11.5 Å². The van der Waals surface area contributed by atoms with Gasteiger partial charge in [0.15, 0.2) is 0 Å². The van der Waals surface area contributed by atoms with Crippen LogP contribution in [-0.4, -0.2) is 29.9 Å². The average Bonchev–Trinajstić information content (AvgIpc) is 2.74. The van der Waals surface area contributed by atoms with Crippen LogP contribution < -0.4 is 9.47 Å². The topological polar surface area (TPSA) is 82.1 Å². The molecule has 0 aliphatic rings. The summed E-state index contributed by atoms with van der Waals surface area (Å²) in [5.41, 5.74) is 2.09. The second-order valence-electron chi connectivity index (χ2n) is 6.37. The zero-order valence-corrected chi connectivity index (χ0v) is 16.7. The highest BCUT2D eigenvalue weighted by molar-refractivity contribution is 5.88. The van der Waals surface area contributed by atoms with Gasteiger partial charge in [-0.15, -0.1) is 0 Å². The van der Waals surface area contributed by atoms with Crippen LogP contribution in [0.1, 0.15) is 18.1 Å². The number of carbonyl (C=O) groups excluding carboxylic acids is 2. The van der Waals surface area contributed by atoms with Gasteiger partial charge in [-0.2, -0.15) is 0 Å². The van der Waals surface area contributed by atoms with Crippen molar-refractivity contribution in [2.24, 2.45) is 0 Å². The Balaban J connectivity index is 1.83. The molecule has 1 unspecified atom stereocenters. The maximum Gasteiger partial charge on any atom is 0.338 e. The highest BCUT2D eigenvalue weighted by Crippen LogP contribution is 2.17. The molecule has 1 N–H and O–H groups in total. The first-order valence-electron chi connectivity index (χ1n) is 9.26. The third-order valence-electron chi connectivity index (χ3n) is 3.87. The van der Waals surface area contributed by atoms with Crippen LogP contribution in [0.5, 0.6) is 11.5 Å². The normalized spacial score (nSPS) is 11.5. The smallest absolute Gasteiger partial charge is 0.338 e. The summed E-state index contributed by atoms with van der Waals surface area (Å²) in [7, 11) is 0. The van der Waals surface area contributed by atoms with Gasteiger partial charge in [0.1, 0.15) is 11.5 Å². The molecule has 0 aliphatic carbocycles. The summed E-state index contributed by atoms with van der Waals surface area (Å²) >= 11 is 0. The Bertz CT molecular complexity index is 910. The second kappa shape index (κ2) is 11.4. The largest absolute Gasteiger partial charge is 0.462 e. The lowest BCUT2D eigenvalue weighted by Gasteiger charge is -2.10. The Hall–Kier alpha value is -3.64. The van der Waals surface area contributed by atoms with Gasteiger partial charge in [-0.1, -0.05) is 43.5 Å². The Morgan fingerprint density at radius 1 is 1.07 bits per heavy atom. The van der Waals surface area contributed by atoms with Crippen LogP contribution in [0.4, 0.5) is 0 Å². The molecule has 2 aromatic rings. The van der Waals surface area contributed by atoms with Gasteiger partial charge in [-0.3, -0.25) is 0 Å². The molecule has 0 saturated heterocycles. The van der Waals surface area contributed by atoms with Gasteiger partial charge < -0.3 is 19.3 Å². The lowest BCUT2D eigenvalue weighted by molar-refractivity contribution is -0.137. The van der Waals surface area contributed by atoms with Gasteiger partial charge in [0.25, 0.3) is 0 Å². The van der Waals surface area contributed by atoms with Crippen molar-refractivity contribution in [2.75, 3.05) is 6.61 Å². The third-order valence-corrected chi connectivity index (χ3v) is 3.87. The SMILES string of the molecule is C=CC(=O)OCCc1ccc(OC(O)/C=C/c2ccc(OC(=O)C(=C)C)cc2)cc1. The molecule has 30 heavy (non-hydrogen) atoms. The second-order valence-corrected chi connectivity index (χ2v) is 6.37. The standard InChI is InChI=1S/C24H24O6/c1-4-22(25)28-16-15-19-7-10-20(11-8-19)29-23(26)14-9-18-5-12-21(13-6-18)30-24(27)17(2)3/h4-14,23,26H,1-2,15-16H2,3H3/b14-9+. The number of hydrogen-bond acceptors (Lipinski definition) is 6. The van der Waals surface area contributed by atoms with Crippen LogP contribution in [0.2, 0.25) is 0 Å². The lowest BCUT2D eigenvalue weighted by Crippen LogP contribution is -2.11. The molecular formula is C24H24O6. The van der Waals surface area contributed by atoms with Gasteiger partial charge >= 0.3 is 11.9 Å². The van der Waals surface area contributed by atoms with E-state index in [1.807, 2.05) is 12.1 Å². The Morgan fingerprint density at radius 3 is 2.30 bits per heavy atom. The minimum absolute atomic E-state index is 0.265. The van der Waals surface area contributed by atoms with E-state index < -0.39 is 18.2 Å². The van der Waals surface area contributed by atoms with Crippen LogP contribution in [0, 0.1) is 0 Å². The summed E-state index contributed by atoms with van der Waals surface area (Å²) in [6.07, 6.45) is 3.75. The molecule has 0 saturated carbocycles.